The molecular weight excluding hydrogens is 387 g/mol. The number of rotatable bonds is 9. The number of allylic oxidation sites excluding steroid dienone is 3. The van der Waals surface area contributed by atoms with Crippen molar-refractivity contribution in [1.82, 2.24) is 0 Å². The fourth-order valence-electron chi connectivity index (χ4n) is 3.53. The van der Waals surface area contributed by atoms with E-state index in [2.05, 4.69) is 90.6 Å². The summed E-state index contributed by atoms with van der Waals surface area (Å²) in [7, 11) is -1.70. The van der Waals surface area contributed by atoms with E-state index in [9.17, 15) is 0 Å². The molecule has 124 valence electrons. The Balaban J connectivity index is 4.76. The van der Waals surface area contributed by atoms with Crippen LogP contribution in [0.4, 0.5) is 0 Å². The van der Waals surface area contributed by atoms with Gasteiger partial charge in [-0.05, 0) is 58.5 Å². The molecule has 0 aromatic rings. The quantitative estimate of drug-likeness (QED) is 0.219. The highest BCUT2D eigenvalue weighted by Crippen LogP contribution is 2.42. The van der Waals surface area contributed by atoms with E-state index in [1.54, 1.807) is 0 Å². The lowest BCUT2D eigenvalue weighted by Crippen LogP contribution is -2.48. The van der Waals surface area contributed by atoms with Crippen molar-refractivity contribution in [3.8, 4) is 0 Å². The summed E-state index contributed by atoms with van der Waals surface area (Å²) in [5.74, 6) is 0.565. The van der Waals surface area contributed by atoms with Crippen molar-refractivity contribution in [3.63, 3.8) is 0 Å². The van der Waals surface area contributed by atoms with Gasteiger partial charge < -0.3 is 4.43 Å². The lowest BCUT2D eigenvalue weighted by Gasteiger charge is -2.42. The molecule has 0 saturated carbocycles. The van der Waals surface area contributed by atoms with Gasteiger partial charge in [0.05, 0.1) is 0 Å². The summed E-state index contributed by atoms with van der Waals surface area (Å²) in [4.78, 5) is 0. The van der Waals surface area contributed by atoms with Crippen molar-refractivity contribution < 1.29 is 4.43 Å². The molecule has 0 aliphatic carbocycles. The fourth-order valence-corrected chi connectivity index (χ4v) is 9.49. The second-order valence-electron chi connectivity index (χ2n) is 7.19. The highest BCUT2D eigenvalue weighted by Gasteiger charge is 2.44. The molecule has 0 aromatic heterocycles. The molecule has 3 heteroatoms. The van der Waals surface area contributed by atoms with Gasteiger partial charge in [0.25, 0.3) is 0 Å². The van der Waals surface area contributed by atoms with Crippen molar-refractivity contribution >= 4 is 30.9 Å². The Morgan fingerprint density at radius 1 is 1.05 bits per heavy atom. The molecule has 0 saturated heterocycles. The summed E-state index contributed by atoms with van der Waals surface area (Å²) in [5.41, 5.74) is 3.40. The first-order valence-corrected chi connectivity index (χ1v) is 11.4. The minimum atomic E-state index is -1.70. The molecule has 0 bridgehead atoms. The van der Waals surface area contributed by atoms with E-state index in [1.165, 1.54) is 5.57 Å². The highest BCUT2D eigenvalue weighted by atomic mass is 127. The van der Waals surface area contributed by atoms with Crippen LogP contribution in [0.2, 0.25) is 16.6 Å². The molecule has 0 N–H and O–H groups in total. The summed E-state index contributed by atoms with van der Waals surface area (Å²) >= 11 is 2.27. The average molecular weight is 422 g/mol. The third-order valence-electron chi connectivity index (χ3n) is 4.77. The first-order valence-electron chi connectivity index (χ1n) is 8.22. The maximum Gasteiger partial charge on any atom is 0.200 e. The van der Waals surface area contributed by atoms with Crippen molar-refractivity contribution in [1.29, 1.82) is 0 Å². The van der Waals surface area contributed by atoms with Gasteiger partial charge in [0.2, 0.25) is 0 Å². The van der Waals surface area contributed by atoms with Gasteiger partial charge in [-0.2, -0.15) is 0 Å². The van der Waals surface area contributed by atoms with Gasteiger partial charge in [-0.3, -0.25) is 0 Å². The lowest BCUT2D eigenvalue weighted by atomic mass is 9.99. The fraction of sp³-hybridized carbons (Fsp3) is 0.778. The Bertz CT molecular complexity index is 336. The molecule has 1 atom stereocenters. The van der Waals surface area contributed by atoms with E-state index in [4.69, 9.17) is 4.43 Å². The van der Waals surface area contributed by atoms with Crippen LogP contribution in [0.5, 0.6) is 0 Å². The summed E-state index contributed by atoms with van der Waals surface area (Å²) < 4.78 is 7.73. The molecule has 0 rings (SSSR count). The molecule has 0 unspecified atom stereocenters. The van der Waals surface area contributed by atoms with Gasteiger partial charge in [-0.1, -0.05) is 66.7 Å². The Labute approximate surface area is 147 Å². The monoisotopic (exact) mass is 422 g/mol. The zero-order valence-electron chi connectivity index (χ0n) is 15.3. The zero-order valence-corrected chi connectivity index (χ0v) is 18.5. The molecule has 0 spiro atoms. The molecule has 0 aromatic carbocycles. The molecule has 0 amide bonds. The second-order valence-corrected chi connectivity index (χ2v) is 14.0. The van der Waals surface area contributed by atoms with Gasteiger partial charge in [-0.25, -0.2) is 0 Å². The second kappa shape index (κ2) is 9.51. The maximum absolute atomic E-state index is 6.63. The highest BCUT2D eigenvalue weighted by molar-refractivity contribution is 14.1. The van der Waals surface area contributed by atoms with Crippen LogP contribution < -0.4 is 0 Å². The largest absolute Gasteiger partial charge is 0.416 e. The van der Waals surface area contributed by atoms with Crippen LogP contribution in [0.25, 0.3) is 0 Å². The Morgan fingerprint density at radius 3 is 1.81 bits per heavy atom. The topological polar surface area (TPSA) is 9.23 Å². The van der Waals surface area contributed by atoms with Crippen molar-refractivity contribution in [2.75, 3.05) is 6.61 Å². The van der Waals surface area contributed by atoms with Gasteiger partial charge in [-0.15, -0.1) is 0 Å². The standard InChI is InChI=1S/C18H35IOSi/c1-13(2)21(14(3)4,15(5)6)20-11-10-16(7)17(8)12-18(9)19/h12-16H,9-11H2,1-8H3/b17-12+/t16-/m0/s1. The minimum Gasteiger partial charge on any atom is -0.416 e. The molecule has 21 heavy (non-hydrogen) atoms. The summed E-state index contributed by atoms with van der Waals surface area (Å²) in [6.45, 7) is 23.4. The maximum atomic E-state index is 6.63. The van der Waals surface area contributed by atoms with Gasteiger partial charge in [0, 0.05) is 10.2 Å². The molecule has 0 fully saturated rings. The van der Waals surface area contributed by atoms with E-state index < -0.39 is 8.32 Å². The van der Waals surface area contributed by atoms with Crippen molar-refractivity contribution in [2.24, 2.45) is 5.92 Å². The average Bonchev–Trinajstić information content (AvgIpc) is 2.31. The van der Waals surface area contributed by atoms with Crippen LogP contribution in [-0.2, 0) is 4.43 Å². The third-order valence-corrected chi connectivity index (χ3v) is 11.2. The number of hydrogen-bond acceptors (Lipinski definition) is 1. The summed E-state index contributed by atoms with van der Waals surface area (Å²) in [5, 5.41) is 0. The number of hydrogen-bond donors (Lipinski definition) is 0. The summed E-state index contributed by atoms with van der Waals surface area (Å²) in [6.07, 6.45) is 3.29. The third kappa shape index (κ3) is 6.18. The SMILES string of the molecule is C=C(I)/C=C(\C)[C@@H](C)CCO[Si](C(C)C)(C(C)C)C(C)C. The molecule has 0 aliphatic rings. The molecular formula is C18H35IOSi. The Kier molecular flexibility index (Phi) is 9.68. The van der Waals surface area contributed by atoms with Crippen LogP contribution >= 0.6 is 22.6 Å². The Morgan fingerprint density at radius 2 is 1.48 bits per heavy atom. The van der Waals surface area contributed by atoms with Crippen LogP contribution in [0.15, 0.2) is 21.8 Å². The van der Waals surface area contributed by atoms with Gasteiger partial charge in [0.15, 0.2) is 8.32 Å². The van der Waals surface area contributed by atoms with Crippen LogP contribution in [0.3, 0.4) is 0 Å². The van der Waals surface area contributed by atoms with E-state index >= 15 is 0 Å². The van der Waals surface area contributed by atoms with Gasteiger partial charge >= 0.3 is 0 Å². The molecule has 1 nitrogen and oxygen atoms in total. The zero-order chi connectivity index (χ0) is 16.8. The van der Waals surface area contributed by atoms with Crippen molar-refractivity contribution in [3.05, 3.63) is 21.8 Å². The number of halogens is 1. The van der Waals surface area contributed by atoms with Crippen LogP contribution in [-0.4, -0.2) is 14.9 Å². The first-order chi connectivity index (χ1) is 9.55. The van der Waals surface area contributed by atoms with E-state index in [-0.39, 0.29) is 0 Å². The minimum absolute atomic E-state index is 0.565. The molecule has 0 heterocycles. The molecule has 0 radical (unpaired) electrons. The summed E-state index contributed by atoms with van der Waals surface area (Å²) in [6, 6.07) is 0. The predicted octanol–water partition coefficient (Wildman–Crippen LogP) is 7.10. The van der Waals surface area contributed by atoms with Crippen molar-refractivity contribution in [2.45, 2.75) is 78.4 Å². The Hall–Kier alpha value is 0.387. The predicted molar refractivity (Wildman–Crippen MR) is 108 cm³/mol. The van der Waals surface area contributed by atoms with E-state index in [1.807, 2.05) is 0 Å². The first kappa shape index (κ1) is 21.4. The van der Waals surface area contributed by atoms with E-state index in [0.29, 0.717) is 22.5 Å². The van der Waals surface area contributed by atoms with Crippen LogP contribution in [0.1, 0.15) is 61.8 Å². The van der Waals surface area contributed by atoms with Crippen LogP contribution in [0, 0.1) is 5.92 Å². The van der Waals surface area contributed by atoms with Gasteiger partial charge in [0.1, 0.15) is 0 Å². The normalized spacial score (nSPS) is 15.1. The smallest absolute Gasteiger partial charge is 0.200 e. The lowest BCUT2D eigenvalue weighted by molar-refractivity contribution is 0.258. The van der Waals surface area contributed by atoms with E-state index in [0.717, 1.165) is 16.6 Å². The molecule has 0 aliphatic heterocycles.